The van der Waals surface area contributed by atoms with Crippen molar-refractivity contribution in [1.82, 2.24) is 9.80 Å². The minimum absolute atomic E-state index is 0.0674. The minimum Gasteiger partial charge on any atom is -0.368 e. The Hall–Kier alpha value is -2.68. The second-order valence-corrected chi connectivity index (χ2v) is 8.82. The van der Waals surface area contributed by atoms with Gasteiger partial charge in [-0.25, -0.2) is 9.18 Å². The Kier molecular flexibility index (Phi) is 6.41. The van der Waals surface area contributed by atoms with Gasteiger partial charge in [-0.05, 0) is 42.2 Å². The molecule has 1 fully saturated rings. The predicted molar refractivity (Wildman–Crippen MR) is 118 cm³/mol. The molecule has 0 bridgehead atoms. The van der Waals surface area contributed by atoms with Crippen LogP contribution in [0.2, 0.25) is 0 Å². The fourth-order valence-electron chi connectivity index (χ4n) is 4.04. The van der Waals surface area contributed by atoms with Crippen LogP contribution in [0.25, 0.3) is 0 Å². The van der Waals surface area contributed by atoms with Crippen LogP contribution in [0, 0.1) is 5.82 Å². The molecule has 1 aromatic rings. The quantitative estimate of drug-likeness (QED) is 0.629. The number of amides is 4. The third kappa shape index (κ3) is 4.37. The number of anilines is 1. The van der Waals surface area contributed by atoms with Crippen molar-refractivity contribution in [2.45, 2.75) is 25.0 Å². The van der Waals surface area contributed by atoms with Crippen LogP contribution in [-0.4, -0.2) is 82.5 Å². The lowest BCUT2D eigenvalue weighted by atomic mass is 10.1. The van der Waals surface area contributed by atoms with Gasteiger partial charge in [0.25, 0.3) is 5.91 Å². The Bertz CT molecular complexity index is 939. The lowest BCUT2D eigenvalue weighted by Gasteiger charge is -2.36. The summed E-state index contributed by atoms with van der Waals surface area (Å²) in [4.78, 5) is 43.9. The molecule has 0 spiro atoms. The molecule has 0 N–H and O–H groups in total. The van der Waals surface area contributed by atoms with Crippen LogP contribution in [-0.2, 0) is 9.59 Å². The molecule has 1 atom stereocenters. The molecule has 3 aliphatic heterocycles. The fourth-order valence-corrected chi connectivity index (χ4v) is 5.00. The van der Waals surface area contributed by atoms with Crippen molar-refractivity contribution in [3.63, 3.8) is 0 Å². The number of thioether (sulfide) groups is 1. The van der Waals surface area contributed by atoms with Crippen LogP contribution in [0.3, 0.4) is 0 Å². The summed E-state index contributed by atoms with van der Waals surface area (Å²) in [5.41, 5.74) is 1.53. The summed E-state index contributed by atoms with van der Waals surface area (Å²) in [6.45, 7) is 4.65. The largest absolute Gasteiger partial charge is 0.501 e. The SMILES string of the molecule is CCCCN1C(=O)C2SC=CC2=[N+](CC(=O)N2CCN(c3ccc(F)cc3)CC2)C1=O. The summed E-state index contributed by atoms with van der Waals surface area (Å²) in [6, 6.07) is 5.93. The van der Waals surface area contributed by atoms with E-state index in [1.807, 2.05) is 12.3 Å². The second kappa shape index (κ2) is 9.21. The smallest absolute Gasteiger partial charge is 0.368 e. The van der Waals surface area contributed by atoms with E-state index in [-0.39, 0.29) is 24.2 Å². The van der Waals surface area contributed by atoms with Gasteiger partial charge >= 0.3 is 11.9 Å². The van der Waals surface area contributed by atoms with Crippen molar-refractivity contribution in [2.24, 2.45) is 0 Å². The monoisotopic (exact) mass is 445 g/mol. The molecular formula is C22H26FN4O3S+. The number of piperazine rings is 1. The van der Waals surface area contributed by atoms with E-state index in [1.54, 1.807) is 23.1 Å². The van der Waals surface area contributed by atoms with Crippen molar-refractivity contribution in [3.8, 4) is 0 Å². The zero-order valence-electron chi connectivity index (χ0n) is 17.5. The summed E-state index contributed by atoms with van der Waals surface area (Å²) < 4.78 is 14.6. The molecule has 0 saturated carbocycles. The fraction of sp³-hybridized carbons (Fsp3) is 0.455. The highest BCUT2D eigenvalue weighted by atomic mass is 32.2. The van der Waals surface area contributed by atoms with Crippen LogP contribution in [0.1, 0.15) is 19.8 Å². The van der Waals surface area contributed by atoms with Gasteiger partial charge in [-0.1, -0.05) is 13.3 Å². The van der Waals surface area contributed by atoms with Crippen molar-refractivity contribution >= 4 is 41.0 Å². The highest BCUT2D eigenvalue weighted by Gasteiger charge is 2.49. The number of hydrogen-bond acceptors (Lipinski definition) is 5. The van der Waals surface area contributed by atoms with Gasteiger partial charge < -0.3 is 9.80 Å². The average molecular weight is 446 g/mol. The highest BCUT2D eigenvalue weighted by Crippen LogP contribution is 2.28. The van der Waals surface area contributed by atoms with Crippen LogP contribution in [0.4, 0.5) is 14.9 Å². The molecule has 7 nitrogen and oxygen atoms in total. The standard InChI is InChI=1S/C22H26FN4O3S/c1-2-3-9-26-21(29)20-18(8-14-31-20)27(22(26)30)15-19(28)25-12-10-24(11-13-25)17-6-4-16(23)5-7-17/h4-8,14,20H,2-3,9-13,15H2,1H3/q+1. The van der Waals surface area contributed by atoms with Crippen molar-refractivity contribution in [2.75, 3.05) is 44.2 Å². The van der Waals surface area contributed by atoms with Gasteiger partial charge in [-0.2, -0.15) is 14.3 Å². The summed E-state index contributed by atoms with van der Waals surface area (Å²) in [7, 11) is 0. The Balaban J connectivity index is 1.43. The number of fused-ring (bicyclic) bond motifs is 1. The van der Waals surface area contributed by atoms with Gasteiger partial charge in [0.05, 0.1) is 6.54 Å². The van der Waals surface area contributed by atoms with E-state index in [4.69, 9.17) is 0 Å². The van der Waals surface area contributed by atoms with Crippen molar-refractivity contribution in [3.05, 3.63) is 41.6 Å². The molecular weight excluding hydrogens is 419 g/mol. The normalized spacial score (nSPS) is 21.2. The topological polar surface area (TPSA) is 63.9 Å². The highest BCUT2D eigenvalue weighted by molar-refractivity contribution is 8.04. The van der Waals surface area contributed by atoms with Gasteiger partial charge in [-0.15, -0.1) is 11.8 Å². The molecule has 9 heteroatoms. The maximum atomic E-state index is 13.2. The second-order valence-electron chi connectivity index (χ2n) is 7.80. The molecule has 1 saturated heterocycles. The molecule has 31 heavy (non-hydrogen) atoms. The maximum absolute atomic E-state index is 13.2. The van der Waals surface area contributed by atoms with E-state index in [1.165, 1.54) is 33.4 Å². The number of rotatable bonds is 6. The number of allylic oxidation sites excluding steroid dienone is 1. The lowest BCUT2D eigenvalue weighted by Crippen LogP contribution is -2.58. The zero-order chi connectivity index (χ0) is 22.0. The molecule has 4 amide bonds. The number of carbonyl (C=O) groups excluding carboxylic acids is 3. The van der Waals surface area contributed by atoms with E-state index in [0.29, 0.717) is 38.4 Å². The van der Waals surface area contributed by atoms with Gasteiger partial charge in [0.15, 0.2) is 11.8 Å². The van der Waals surface area contributed by atoms with Crippen LogP contribution in [0.15, 0.2) is 35.7 Å². The van der Waals surface area contributed by atoms with E-state index in [0.717, 1.165) is 18.5 Å². The molecule has 164 valence electrons. The summed E-state index contributed by atoms with van der Waals surface area (Å²) in [5.74, 6) is -0.598. The van der Waals surface area contributed by atoms with E-state index in [2.05, 4.69) is 4.90 Å². The Morgan fingerprint density at radius 1 is 1.16 bits per heavy atom. The number of hydrogen-bond donors (Lipinski definition) is 0. The zero-order valence-corrected chi connectivity index (χ0v) is 18.3. The first kappa shape index (κ1) is 21.5. The molecule has 3 heterocycles. The Morgan fingerprint density at radius 3 is 2.55 bits per heavy atom. The van der Waals surface area contributed by atoms with E-state index < -0.39 is 11.3 Å². The molecule has 0 aliphatic carbocycles. The van der Waals surface area contributed by atoms with Gasteiger partial charge in [0.2, 0.25) is 0 Å². The van der Waals surface area contributed by atoms with Gasteiger partial charge in [-0.3, -0.25) is 4.79 Å². The third-order valence-corrected chi connectivity index (χ3v) is 6.85. The lowest BCUT2D eigenvalue weighted by molar-refractivity contribution is -0.428. The van der Waals surface area contributed by atoms with Crippen LogP contribution < -0.4 is 4.90 Å². The third-order valence-electron chi connectivity index (χ3n) is 5.84. The maximum Gasteiger partial charge on any atom is 0.501 e. The predicted octanol–water partition coefficient (Wildman–Crippen LogP) is 2.32. The van der Waals surface area contributed by atoms with Gasteiger partial charge in [0, 0.05) is 31.9 Å². The number of imide groups is 1. The summed E-state index contributed by atoms with van der Waals surface area (Å²) >= 11 is 1.38. The first-order chi connectivity index (χ1) is 15.0. The Labute approximate surface area is 185 Å². The molecule has 1 unspecified atom stereocenters. The number of halogens is 1. The first-order valence-corrected chi connectivity index (χ1v) is 11.5. The van der Waals surface area contributed by atoms with E-state index in [9.17, 15) is 18.8 Å². The molecule has 0 radical (unpaired) electrons. The Morgan fingerprint density at radius 2 is 1.87 bits per heavy atom. The van der Waals surface area contributed by atoms with Gasteiger partial charge in [0.1, 0.15) is 11.5 Å². The summed E-state index contributed by atoms with van der Waals surface area (Å²) in [6.07, 6.45) is 3.38. The van der Waals surface area contributed by atoms with E-state index >= 15 is 0 Å². The molecule has 1 aromatic carbocycles. The number of benzene rings is 1. The van der Waals surface area contributed by atoms with Crippen LogP contribution in [0.5, 0.6) is 0 Å². The first-order valence-electron chi connectivity index (χ1n) is 10.6. The number of unbranched alkanes of at least 4 members (excludes halogenated alkanes) is 1. The van der Waals surface area contributed by atoms with Crippen LogP contribution >= 0.6 is 11.8 Å². The molecule has 4 rings (SSSR count). The molecule has 0 aromatic heterocycles. The summed E-state index contributed by atoms with van der Waals surface area (Å²) in [5, 5.41) is 1.37. The number of carbonyl (C=O) groups is 3. The average Bonchev–Trinajstić information content (AvgIpc) is 3.27. The molecule has 3 aliphatic rings. The number of nitrogens with zero attached hydrogens (tertiary/aromatic N) is 4. The number of urea groups is 1. The van der Waals surface area contributed by atoms with Crippen molar-refractivity contribution in [1.29, 1.82) is 0 Å². The van der Waals surface area contributed by atoms with Crippen molar-refractivity contribution < 1.29 is 23.3 Å². The minimum atomic E-state index is -0.447.